The maximum atomic E-state index is 11.7. The Morgan fingerprint density at radius 2 is 2.03 bits per heavy atom. The van der Waals surface area contributed by atoms with E-state index in [0.29, 0.717) is 6.42 Å². The van der Waals surface area contributed by atoms with E-state index in [9.17, 15) is 23.4 Å². The molecule has 0 spiro atoms. The first-order valence-electron chi connectivity index (χ1n) is 9.08. The highest BCUT2D eigenvalue weighted by Gasteiger charge is 2.33. The van der Waals surface area contributed by atoms with Crippen LogP contribution in [0, 0.1) is 0 Å². The van der Waals surface area contributed by atoms with Crippen LogP contribution in [0.1, 0.15) is 19.8 Å². The molecular weight excluding hydrogens is 398 g/mol. The number of ether oxygens (including phenoxy) is 1. The average molecular weight is 428 g/mol. The molecule has 1 rings (SSSR count). The van der Waals surface area contributed by atoms with Crippen LogP contribution in [-0.2, 0) is 19.6 Å². The molecule has 0 aliphatic carbocycles. The van der Waals surface area contributed by atoms with Crippen LogP contribution in [0.3, 0.4) is 0 Å². The van der Waals surface area contributed by atoms with Gasteiger partial charge in [0.05, 0.1) is 30.6 Å². The Labute approximate surface area is 171 Å². The molecule has 1 unspecified atom stereocenters. The van der Waals surface area contributed by atoms with Crippen LogP contribution in [-0.4, -0.2) is 66.4 Å². The number of hydrogen-bond donors (Lipinski definition) is 4. The summed E-state index contributed by atoms with van der Waals surface area (Å²) in [4.78, 5) is 11.3. The number of nitrogens with one attached hydrogen (secondary N) is 1. The molecule has 0 aromatic carbocycles. The molecule has 4 atom stereocenters. The van der Waals surface area contributed by atoms with Crippen LogP contribution in [0.5, 0.6) is 0 Å². The van der Waals surface area contributed by atoms with Crippen molar-refractivity contribution in [2.24, 2.45) is 0 Å². The Kier molecular flexibility index (Phi) is 10.2. The summed E-state index contributed by atoms with van der Waals surface area (Å²) in [7, 11) is -3.66. The number of aliphatic hydroxyl groups is 3. The fourth-order valence-electron chi connectivity index (χ4n) is 2.52. The number of allylic oxidation sites excluding steroid dienone is 4. The number of hydrogen-bond acceptors (Lipinski definition) is 7. The van der Waals surface area contributed by atoms with E-state index in [1.54, 1.807) is 30.4 Å². The molecule has 0 radical (unpaired) electrons. The first kappa shape index (κ1) is 25.0. The highest BCUT2D eigenvalue weighted by molar-refractivity contribution is 7.88. The van der Waals surface area contributed by atoms with Crippen molar-refractivity contribution >= 4 is 16.0 Å². The van der Waals surface area contributed by atoms with Crippen LogP contribution >= 0.6 is 0 Å². The molecule has 0 aromatic rings. The van der Waals surface area contributed by atoms with Crippen LogP contribution in [0.15, 0.2) is 60.8 Å². The predicted molar refractivity (Wildman–Crippen MR) is 110 cm³/mol. The molecule has 0 bridgehead atoms. The van der Waals surface area contributed by atoms with E-state index in [1.165, 1.54) is 37.3 Å². The van der Waals surface area contributed by atoms with Gasteiger partial charge in [0.2, 0.25) is 10.0 Å². The normalized spacial score (nSPS) is 22.5. The number of carbonyl (C=O) groups excluding carboxylic acids is 1. The smallest absolute Gasteiger partial charge is 0.331 e. The Morgan fingerprint density at radius 3 is 2.66 bits per heavy atom. The summed E-state index contributed by atoms with van der Waals surface area (Å²) in [6.07, 6.45) is 15.0. The summed E-state index contributed by atoms with van der Waals surface area (Å²) in [6, 6.07) is -1.03. The molecule has 0 amide bonds. The van der Waals surface area contributed by atoms with E-state index < -0.39 is 39.8 Å². The number of sulfonamides is 1. The number of aliphatic hydroxyl groups excluding tert-OH is 2. The topological polar surface area (TPSA) is 133 Å². The van der Waals surface area contributed by atoms with Crippen LogP contribution in [0.4, 0.5) is 0 Å². The second-order valence-corrected chi connectivity index (χ2v) is 8.60. The number of esters is 1. The molecule has 1 aliphatic heterocycles. The summed E-state index contributed by atoms with van der Waals surface area (Å²) in [6.45, 7) is 1.33. The molecule has 0 fully saturated rings. The van der Waals surface area contributed by atoms with Crippen molar-refractivity contribution in [3.05, 3.63) is 60.8 Å². The lowest BCUT2D eigenvalue weighted by Gasteiger charge is -2.32. The lowest BCUT2D eigenvalue weighted by Crippen LogP contribution is -2.51. The van der Waals surface area contributed by atoms with Crippen LogP contribution in [0.2, 0.25) is 0 Å². The minimum Gasteiger partial charge on any atom is -0.455 e. The van der Waals surface area contributed by atoms with Crippen molar-refractivity contribution in [3.8, 4) is 0 Å². The standard InChI is InChI=1S/C20H29NO7S/c1-20(25,13-12-17-10-8-11-19(24)28-17)18(21-29(2,26)27)15-16(23)9-6-4-3-5-7-14-22/h3-9,11-13,16-18,21-23,25H,10,14-15H2,1-2H3/t16-,17+,18?,20+/m0/s1. The van der Waals surface area contributed by atoms with Gasteiger partial charge in [0.1, 0.15) is 6.10 Å². The monoisotopic (exact) mass is 427 g/mol. The molecule has 0 aromatic heterocycles. The van der Waals surface area contributed by atoms with Gasteiger partial charge >= 0.3 is 5.97 Å². The van der Waals surface area contributed by atoms with Crippen LogP contribution in [0.25, 0.3) is 0 Å². The molecule has 1 heterocycles. The maximum Gasteiger partial charge on any atom is 0.331 e. The minimum absolute atomic E-state index is 0.0749. The number of cyclic esters (lactones) is 1. The third-order valence-corrected chi connectivity index (χ3v) is 4.70. The lowest BCUT2D eigenvalue weighted by molar-refractivity contribution is -0.141. The lowest BCUT2D eigenvalue weighted by atomic mass is 9.91. The van der Waals surface area contributed by atoms with E-state index in [1.807, 2.05) is 0 Å². The average Bonchev–Trinajstić information content (AvgIpc) is 2.61. The van der Waals surface area contributed by atoms with Crippen molar-refractivity contribution in [2.45, 2.75) is 43.6 Å². The predicted octanol–water partition coefficient (Wildman–Crippen LogP) is 0.495. The first-order valence-corrected chi connectivity index (χ1v) is 11.0. The van der Waals surface area contributed by atoms with Gasteiger partial charge in [-0.25, -0.2) is 17.9 Å². The zero-order valence-electron chi connectivity index (χ0n) is 16.5. The zero-order valence-corrected chi connectivity index (χ0v) is 17.3. The van der Waals surface area contributed by atoms with Crippen molar-refractivity contribution in [1.82, 2.24) is 4.72 Å². The number of carbonyl (C=O) groups is 1. The SMILES string of the molecule is C[C@@](O)(C=C[C@H]1CC=CC(=O)O1)C(C[C@@H](O)C=CC=CC=CCO)NS(C)(=O)=O. The third kappa shape index (κ3) is 10.9. The first-order chi connectivity index (χ1) is 13.5. The van der Waals surface area contributed by atoms with Gasteiger partial charge in [-0.3, -0.25) is 0 Å². The van der Waals surface area contributed by atoms with Crippen molar-refractivity contribution in [1.29, 1.82) is 0 Å². The van der Waals surface area contributed by atoms with Gasteiger partial charge in [-0.05, 0) is 19.4 Å². The molecular formula is C20H29NO7S. The quantitative estimate of drug-likeness (QED) is 0.214. The fraction of sp³-hybridized carbons (Fsp3) is 0.450. The second-order valence-electron chi connectivity index (χ2n) is 6.82. The van der Waals surface area contributed by atoms with E-state index in [2.05, 4.69) is 4.72 Å². The van der Waals surface area contributed by atoms with Gasteiger partial charge in [0.25, 0.3) is 0 Å². The van der Waals surface area contributed by atoms with Gasteiger partial charge in [-0.2, -0.15) is 0 Å². The van der Waals surface area contributed by atoms with E-state index in [4.69, 9.17) is 9.84 Å². The molecule has 0 saturated carbocycles. The van der Waals surface area contributed by atoms with E-state index >= 15 is 0 Å². The minimum atomic E-state index is -3.66. The second kappa shape index (κ2) is 11.8. The van der Waals surface area contributed by atoms with Gasteiger partial charge in [-0.15, -0.1) is 0 Å². The third-order valence-electron chi connectivity index (χ3n) is 3.99. The van der Waals surface area contributed by atoms with Crippen molar-refractivity contribution in [2.75, 3.05) is 12.9 Å². The summed E-state index contributed by atoms with van der Waals surface area (Å²) in [5.41, 5.74) is -1.65. The zero-order chi connectivity index (χ0) is 21.9. The highest BCUT2D eigenvalue weighted by Crippen LogP contribution is 2.20. The van der Waals surface area contributed by atoms with Gasteiger partial charge in [0, 0.05) is 12.5 Å². The van der Waals surface area contributed by atoms with Crippen LogP contribution < -0.4 is 4.72 Å². The molecule has 9 heteroatoms. The Bertz CT molecular complexity index is 779. The van der Waals surface area contributed by atoms with E-state index in [0.717, 1.165) is 6.26 Å². The largest absolute Gasteiger partial charge is 0.455 e. The number of rotatable bonds is 11. The summed E-state index contributed by atoms with van der Waals surface area (Å²) in [5.74, 6) is -0.487. The molecule has 1 aliphatic rings. The van der Waals surface area contributed by atoms with Gasteiger partial charge in [-0.1, -0.05) is 48.6 Å². The summed E-state index contributed by atoms with van der Waals surface area (Å²) < 4.78 is 30.9. The summed E-state index contributed by atoms with van der Waals surface area (Å²) in [5, 5.41) is 29.6. The highest BCUT2D eigenvalue weighted by atomic mass is 32.2. The van der Waals surface area contributed by atoms with Gasteiger partial charge in [0.15, 0.2) is 0 Å². The molecule has 8 nitrogen and oxygen atoms in total. The van der Waals surface area contributed by atoms with Gasteiger partial charge < -0.3 is 20.1 Å². The Balaban J connectivity index is 2.85. The van der Waals surface area contributed by atoms with Crippen molar-refractivity contribution < 1.29 is 33.3 Å². The fourth-order valence-corrected chi connectivity index (χ4v) is 3.37. The molecule has 29 heavy (non-hydrogen) atoms. The molecule has 4 N–H and O–H groups in total. The van der Waals surface area contributed by atoms with E-state index in [-0.39, 0.29) is 13.0 Å². The summed E-state index contributed by atoms with van der Waals surface area (Å²) >= 11 is 0. The molecule has 162 valence electrons. The maximum absolute atomic E-state index is 11.7. The Hall–Kier alpha value is -2.04. The van der Waals surface area contributed by atoms with Crippen molar-refractivity contribution in [3.63, 3.8) is 0 Å². The Morgan fingerprint density at radius 1 is 1.34 bits per heavy atom. The molecule has 0 saturated heterocycles.